The molecule has 0 aliphatic carbocycles. The molecule has 0 unspecified atom stereocenters. The van der Waals surface area contributed by atoms with Gasteiger partial charge in [-0.3, -0.25) is 4.90 Å². The minimum atomic E-state index is 0.839. The minimum absolute atomic E-state index is 0.839. The van der Waals surface area contributed by atoms with Gasteiger partial charge >= 0.3 is 0 Å². The Morgan fingerprint density at radius 1 is 1.20 bits per heavy atom. The van der Waals surface area contributed by atoms with Crippen LogP contribution < -0.4 is 5.32 Å². The van der Waals surface area contributed by atoms with Crippen molar-refractivity contribution in [1.29, 1.82) is 0 Å². The average Bonchev–Trinajstić information content (AvgIpc) is 2.85. The van der Waals surface area contributed by atoms with Crippen molar-refractivity contribution in [3.63, 3.8) is 0 Å². The molecule has 1 aromatic heterocycles. The lowest BCUT2D eigenvalue weighted by molar-refractivity contribution is 0.257. The SMILES string of the molecule is CCCNCc1occc1CN(CC)CCCN(C)C. The number of nitrogens with one attached hydrogen (secondary N) is 1. The number of furan rings is 1. The molecule has 0 saturated carbocycles. The molecular formula is C16H31N3O. The molecule has 1 rings (SSSR count). The Balaban J connectivity index is 2.42. The van der Waals surface area contributed by atoms with Crippen LogP contribution in [0.3, 0.4) is 0 Å². The molecule has 116 valence electrons. The molecule has 0 aromatic carbocycles. The molecule has 0 amide bonds. The summed E-state index contributed by atoms with van der Waals surface area (Å²) in [6.07, 6.45) is 4.18. The molecule has 1 N–H and O–H groups in total. The molecule has 0 aliphatic rings. The van der Waals surface area contributed by atoms with Gasteiger partial charge in [-0.1, -0.05) is 13.8 Å². The van der Waals surface area contributed by atoms with Gasteiger partial charge in [0.05, 0.1) is 12.8 Å². The van der Waals surface area contributed by atoms with Crippen molar-refractivity contribution in [2.75, 3.05) is 40.3 Å². The van der Waals surface area contributed by atoms with Crippen LogP contribution in [-0.2, 0) is 13.1 Å². The van der Waals surface area contributed by atoms with Gasteiger partial charge in [-0.25, -0.2) is 0 Å². The Labute approximate surface area is 124 Å². The van der Waals surface area contributed by atoms with Crippen LogP contribution in [0, 0.1) is 0 Å². The minimum Gasteiger partial charge on any atom is -0.468 e. The zero-order chi connectivity index (χ0) is 14.8. The van der Waals surface area contributed by atoms with E-state index in [1.807, 2.05) is 6.26 Å². The van der Waals surface area contributed by atoms with Gasteiger partial charge in [-0.15, -0.1) is 0 Å². The Morgan fingerprint density at radius 2 is 2.00 bits per heavy atom. The summed E-state index contributed by atoms with van der Waals surface area (Å²) in [4.78, 5) is 4.73. The fourth-order valence-electron chi connectivity index (χ4n) is 2.24. The summed E-state index contributed by atoms with van der Waals surface area (Å²) in [5.41, 5.74) is 1.32. The van der Waals surface area contributed by atoms with Crippen molar-refractivity contribution in [2.24, 2.45) is 0 Å². The summed E-state index contributed by atoms with van der Waals surface area (Å²) in [6, 6.07) is 2.11. The highest BCUT2D eigenvalue weighted by molar-refractivity contribution is 5.16. The van der Waals surface area contributed by atoms with Crippen LogP contribution in [-0.4, -0.2) is 50.1 Å². The van der Waals surface area contributed by atoms with E-state index in [1.54, 1.807) is 0 Å². The van der Waals surface area contributed by atoms with Gasteiger partial charge in [0.15, 0.2) is 0 Å². The second-order valence-electron chi connectivity index (χ2n) is 5.57. The van der Waals surface area contributed by atoms with Crippen LogP contribution in [0.1, 0.15) is 38.0 Å². The maximum atomic E-state index is 5.60. The predicted octanol–water partition coefficient (Wildman–Crippen LogP) is 2.55. The summed E-state index contributed by atoms with van der Waals surface area (Å²) in [6.45, 7) is 10.6. The van der Waals surface area contributed by atoms with E-state index >= 15 is 0 Å². The van der Waals surface area contributed by atoms with E-state index < -0.39 is 0 Å². The summed E-state index contributed by atoms with van der Waals surface area (Å²) in [5, 5.41) is 3.41. The molecule has 1 heterocycles. The molecule has 0 bridgehead atoms. The lowest BCUT2D eigenvalue weighted by atomic mass is 10.2. The van der Waals surface area contributed by atoms with Crippen LogP contribution in [0.2, 0.25) is 0 Å². The Morgan fingerprint density at radius 3 is 2.65 bits per heavy atom. The van der Waals surface area contributed by atoms with E-state index in [2.05, 4.69) is 49.1 Å². The number of nitrogens with zero attached hydrogens (tertiary/aromatic N) is 2. The fraction of sp³-hybridized carbons (Fsp3) is 0.750. The first-order valence-electron chi connectivity index (χ1n) is 7.80. The molecule has 0 radical (unpaired) electrons. The van der Waals surface area contributed by atoms with Crippen LogP contribution in [0.4, 0.5) is 0 Å². The highest BCUT2D eigenvalue weighted by Gasteiger charge is 2.10. The van der Waals surface area contributed by atoms with Crippen molar-refractivity contribution in [3.8, 4) is 0 Å². The van der Waals surface area contributed by atoms with Gasteiger partial charge in [-0.05, 0) is 59.2 Å². The third kappa shape index (κ3) is 6.55. The number of rotatable bonds is 11. The molecule has 0 saturated heterocycles. The van der Waals surface area contributed by atoms with Crippen molar-refractivity contribution in [2.45, 2.75) is 39.8 Å². The van der Waals surface area contributed by atoms with Crippen LogP contribution in [0.25, 0.3) is 0 Å². The second kappa shape index (κ2) is 9.97. The van der Waals surface area contributed by atoms with E-state index in [9.17, 15) is 0 Å². The van der Waals surface area contributed by atoms with Crippen LogP contribution in [0.15, 0.2) is 16.7 Å². The third-order valence-electron chi connectivity index (χ3n) is 3.47. The standard InChI is InChI=1S/C16H31N3O/c1-5-9-17-13-16-15(8-12-20-16)14-19(6-2)11-7-10-18(3)4/h8,12,17H,5-7,9-11,13-14H2,1-4H3. The zero-order valence-corrected chi connectivity index (χ0v) is 13.6. The first-order chi connectivity index (χ1) is 9.67. The highest BCUT2D eigenvalue weighted by atomic mass is 16.3. The van der Waals surface area contributed by atoms with E-state index in [0.717, 1.165) is 51.4 Å². The Hall–Kier alpha value is -0.840. The van der Waals surface area contributed by atoms with E-state index in [0.29, 0.717) is 0 Å². The zero-order valence-electron chi connectivity index (χ0n) is 13.6. The molecule has 4 heteroatoms. The quantitative estimate of drug-likeness (QED) is 0.632. The monoisotopic (exact) mass is 281 g/mol. The lowest BCUT2D eigenvalue weighted by Gasteiger charge is -2.21. The maximum Gasteiger partial charge on any atom is 0.122 e. The average molecular weight is 281 g/mol. The summed E-state index contributed by atoms with van der Waals surface area (Å²) in [7, 11) is 4.26. The number of hydrogen-bond donors (Lipinski definition) is 1. The van der Waals surface area contributed by atoms with E-state index in [1.165, 1.54) is 12.0 Å². The third-order valence-corrected chi connectivity index (χ3v) is 3.47. The highest BCUT2D eigenvalue weighted by Crippen LogP contribution is 2.13. The van der Waals surface area contributed by atoms with Gasteiger partial charge in [0, 0.05) is 12.1 Å². The molecule has 0 spiro atoms. The normalized spacial score (nSPS) is 11.7. The largest absolute Gasteiger partial charge is 0.468 e. The predicted molar refractivity (Wildman–Crippen MR) is 84.8 cm³/mol. The second-order valence-corrected chi connectivity index (χ2v) is 5.57. The van der Waals surface area contributed by atoms with Crippen molar-refractivity contribution < 1.29 is 4.42 Å². The topological polar surface area (TPSA) is 31.7 Å². The Bertz CT molecular complexity index is 349. The lowest BCUT2D eigenvalue weighted by Crippen LogP contribution is -2.27. The van der Waals surface area contributed by atoms with Crippen molar-refractivity contribution >= 4 is 0 Å². The first kappa shape index (κ1) is 17.2. The molecular weight excluding hydrogens is 250 g/mol. The molecule has 0 atom stereocenters. The smallest absolute Gasteiger partial charge is 0.122 e. The molecule has 0 aliphatic heterocycles. The number of hydrogen-bond acceptors (Lipinski definition) is 4. The van der Waals surface area contributed by atoms with Crippen molar-refractivity contribution in [1.82, 2.24) is 15.1 Å². The molecule has 20 heavy (non-hydrogen) atoms. The van der Waals surface area contributed by atoms with Gasteiger partial charge in [-0.2, -0.15) is 0 Å². The molecule has 4 nitrogen and oxygen atoms in total. The van der Waals surface area contributed by atoms with Gasteiger partial charge in [0.25, 0.3) is 0 Å². The van der Waals surface area contributed by atoms with Gasteiger partial charge in [0.2, 0.25) is 0 Å². The van der Waals surface area contributed by atoms with Crippen molar-refractivity contribution in [3.05, 3.63) is 23.7 Å². The van der Waals surface area contributed by atoms with Gasteiger partial charge in [0.1, 0.15) is 5.76 Å². The van der Waals surface area contributed by atoms with Crippen LogP contribution in [0.5, 0.6) is 0 Å². The molecule has 0 fully saturated rings. The van der Waals surface area contributed by atoms with Gasteiger partial charge < -0.3 is 14.6 Å². The fourth-order valence-corrected chi connectivity index (χ4v) is 2.24. The maximum absolute atomic E-state index is 5.60. The Kier molecular flexibility index (Phi) is 8.58. The summed E-state index contributed by atoms with van der Waals surface area (Å²) < 4.78 is 5.60. The van der Waals surface area contributed by atoms with E-state index in [4.69, 9.17) is 4.42 Å². The molecule has 1 aromatic rings. The van der Waals surface area contributed by atoms with Crippen LogP contribution >= 0.6 is 0 Å². The summed E-state index contributed by atoms with van der Waals surface area (Å²) in [5.74, 6) is 1.09. The first-order valence-corrected chi connectivity index (χ1v) is 7.80. The summed E-state index contributed by atoms with van der Waals surface area (Å²) >= 11 is 0. The van der Waals surface area contributed by atoms with E-state index in [-0.39, 0.29) is 0 Å².